The van der Waals surface area contributed by atoms with Crippen LogP contribution in [0.1, 0.15) is 0 Å². The van der Waals surface area contributed by atoms with Gasteiger partial charge in [0.2, 0.25) is 0 Å². The lowest BCUT2D eigenvalue weighted by molar-refractivity contribution is 0.122. The molecule has 4 rings (SSSR count). The Morgan fingerprint density at radius 2 is 1.62 bits per heavy atom. The average molecular weight is 486 g/mol. The van der Waals surface area contributed by atoms with Crippen molar-refractivity contribution in [3.8, 4) is 17.1 Å². The van der Waals surface area contributed by atoms with Crippen molar-refractivity contribution in [1.29, 1.82) is 0 Å². The molecule has 0 bridgehead atoms. The Morgan fingerprint density at radius 1 is 1.03 bits per heavy atom. The zero-order chi connectivity index (χ0) is 24.1. The molecule has 1 aromatic heterocycles. The highest BCUT2D eigenvalue weighted by molar-refractivity contribution is 7.85. The van der Waals surface area contributed by atoms with Gasteiger partial charge in [-0.3, -0.25) is 4.55 Å². The van der Waals surface area contributed by atoms with Crippen molar-refractivity contribution in [3.63, 3.8) is 0 Å². The molecule has 34 heavy (non-hydrogen) atoms. The molecule has 3 N–H and O–H groups in total. The monoisotopic (exact) mass is 485 g/mol. The van der Waals surface area contributed by atoms with Gasteiger partial charge in [-0.25, -0.2) is 14.8 Å². The van der Waals surface area contributed by atoms with Gasteiger partial charge >= 0.3 is 6.03 Å². The zero-order valence-electron chi connectivity index (χ0n) is 18.3. The van der Waals surface area contributed by atoms with Crippen LogP contribution in [0.5, 0.6) is 5.75 Å². The first kappa shape index (κ1) is 23.4. The molecular formula is C22H23N5O6S. The predicted molar refractivity (Wildman–Crippen MR) is 126 cm³/mol. The van der Waals surface area contributed by atoms with Crippen LogP contribution in [0.4, 0.5) is 22.0 Å². The number of nitrogens with zero attached hydrogens (tertiary/aromatic N) is 3. The molecule has 1 fully saturated rings. The molecule has 178 valence electrons. The SMILES string of the molecule is COc1cnc(-c2ccc(NC(=O)Nc3ccc(S(=O)(=O)O)cc3)cc2)nc1N1CCOCC1. The number of amides is 2. The van der Waals surface area contributed by atoms with Gasteiger partial charge in [0.15, 0.2) is 17.4 Å². The summed E-state index contributed by atoms with van der Waals surface area (Å²) in [6, 6.07) is 11.7. The minimum absolute atomic E-state index is 0.258. The summed E-state index contributed by atoms with van der Waals surface area (Å²) in [5.74, 6) is 1.82. The van der Waals surface area contributed by atoms with Crippen LogP contribution < -0.4 is 20.3 Å². The summed E-state index contributed by atoms with van der Waals surface area (Å²) in [6.07, 6.45) is 1.64. The van der Waals surface area contributed by atoms with E-state index in [9.17, 15) is 13.2 Å². The first-order valence-electron chi connectivity index (χ1n) is 10.3. The van der Waals surface area contributed by atoms with Crippen molar-refractivity contribution in [2.45, 2.75) is 4.90 Å². The number of morpholine rings is 1. The van der Waals surface area contributed by atoms with Gasteiger partial charge in [-0.15, -0.1) is 0 Å². The Bertz CT molecular complexity index is 1260. The number of urea groups is 1. The lowest BCUT2D eigenvalue weighted by Gasteiger charge is -2.28. The lowest BCUT2D eigenvalue weighted by Crippen LogP contribution is -2.37. The second kappa shape index (κ2) is 10.0. The van der Waals surface area contributed by atoms with Gasteiger partial charge in [0, 0.05) is 30.0 Å². The second-order valence-corrected chi connectivity index (χ2v) is 8.76. The summed E-state index contributed by atoms with van der Waals surface area (Å²) < 4.78 is 42.1. The number of carbonyl (C=O) groups is 1. The van der Waals surface area contributed by atoms with Crippen LogP contribution in [-0.2, 0) is 14.9 Å². The van der Waals surface area contributed by atoms with Crippen LogP contribution in [0.15, 0.2) is 59.6 Å². The molecule has 1 saturated heterocycles. The third-order valence-electron chi connectivity index (χ3n) is 5.08. The molecule has 1 aliphatic heterocycles. The van der Waals surface area contributed by atoms with Crippen LogP contribution in [0, 0.1) is 0 Å². The molecule has 11 nitrogen and oxygen atoms in total. The minimum Gasteiger partial charge on any atom is -0.491 e. The molecule has 1 aliphatic rings. The Morgan fingerprint density at radius 3 is 2.18 bits per heavy atom. The third-order valence-corrected chi connectivity index (χ3v) is 5.95. The number of ether oxygens (including phenoxy) is 2. The summed E-state index contributed by atoms with van der Waals surface area (Å²) in [6.45, 7) is 2.66. The molecule has 0 atom stereocenters. The van der Waals surface area contributed by atoms with E-state index in [4.69, 9.17) is 14.0 Å². The van der Waals surface area contributed by atoms with Gasteiger partial charge in [-0.05, 0) is 48.5 Å². The fourth-order valence-electron chi connectivity index (χ4n) is 3.35. The van der Waals surface area contributed by atoms with Crippen molar-refractivity contribution in [2.24, 2.45) is 0 Å². The van der Waals surface area contributed by atoms with E-state index in [-0.39, 0.29) is 4.90 Å². The molecule has 3 aromatic rings. The van der Waals surface area contributed by atoms with Crippen LogP contribution >= 0.6 is 0 Å². The quantitative estimate of drug-likeness (QED) is 0.449. The van der Waals surface area contributed by atoms with E-state index in [2.05, 4.69) is 25.5 Å². The van der Waals surface area contributed by atoms with Crippen LogP contribution in [0.2, 0.25) is 0 Å². The highest BCUT2D eigenvalue weighted by Gasteiger charge is 2.19. The van der Waals surface area contributed by atoms with Crippen molar-refractivity contribution in [3.05, 3.63) is 54.7 Å². The summed E-state index contributed by atoms with van der Waals surface area (Å²) in [5.41, 5.74) is 1.67. The van der Waals surface area contributed by atoms with E-state index < -0.39 is 16.1 Å². The molecule has 0 aliphatic carbocycles. The molecule has 2 aromatic carbocycles. The normalized spacial score (nSPS) is 13.9. The van der Waals surface area contributed by atoms with E-state index in [1.165, 1.54) is 24.3 Å². The Labute approximate surface area is 196 Å². The number of carbonyl (C=O) groups excluding carboxylic acids is 1. The fourth-order valence-corrected chi connectivity index (χ4v) is 3.83. The first-order chi connectivity index (χ1) is 16.3. The van der Waals surface area contributed by atoms with E-state index in [0.29, 0.717) is 55.1 Å². The van der Waals surface area contributed by atoms with E-state index in [1.807, 2.05) is 0 Å². The highest BCUT2D eigenvalue weighted by Crippen LogP contribution is 2.29. The number of methoxy groups -OCH3 is 1. The lowest BCUT2D eigenvalue weighted by atomic mass is 10.2. The van der Waals surface area contributed by atoms with Crippen molar-refractivity contribution in [1.82, 2.24) is 9.97 Å². The number of nitrogens with one attached hydrogen (secondary N) is 2. The van der Waals surface area contributed by atoms with Crippen LogP contribution in [-0.4, -0.2) is 62.4 Å². The maximum absolute atomic E-state index is 12.3. The molecule has 12 heteroatoms. The van der Waals surface area contributed by atoms with Crippen molar-refractivity contribution >= 4 is 33.3 Å². The number of hydrogen-bond acceptors (Lipinski definition) is 8. The number of benzene rings is 2. The van der Waals surface area contributed by atoms with Crippen LogP contribution in [0.3, 0.4) is 0 Å². The number of rotatable bonds is 6. The van der Waals surface area contributed by atoms with E-state index in [1.54, 1.807) is 37.6 Å². The van der Waals surface area contributed by atoms with Gasteiger partial charge in [0.1, 0.15) is 0 Å². The van der Waals surface area contributed by atoms with Gasteiger partial charge in [0.25, 0.3) is 10.1 Å². The smallest absolute Gasteiger partial charge is 0.323 e. The molecule has 0 saturated carbocycles. The summed E-state index contributed by atoms with van der Waals surface area (Å²) in [4.78, 5) is 23.2. The maximum Gasteiger partial charge on any atom is 0.323 e. The molecule has 0 radical (unpaired) electrons. The Hall–Kier alpha value is -3.74. The number of anilines is 3. The van der Waals surface area contributed by atoms with E-state index >= 15 is 0 Å². The largest absolute Gasteiger partial charge is 0.491 e. The fraction of sp³-hybridized carbons (Fsp3) is 0.227. The minimum atomic E-state index is -4.29. The topological polar surface area (TPSA) is 143 Å². The molecule has 2 heterocycles. The Kier molecular flexibility index (Phi) is 6.91. The van der Waals surface area contributed by atoms with Crippen LogP contribution in [0.25, 0.3) is 11.4 Å². The Balaban J connectivity index is 1.43. The number of aromatic nitrogens is 2. The number of hydrogen-bond donors (Lipinski definition) is 3. The average Bonchev–Trinajstić information content (AvgIpc) is 2.84. The summed E-state index contributed by atoms with van der Waals surface area (Å²) in [5, 5.41) is 5.29. The molecule has 2 amide bonds. The summed E-state index contributed by atoms with van der Waals surface area (Å²) >= 11 is 0. The van der Waals surface area contributed by atoms with Crippen molar-refractivity contribution in [2.75, 3.05) is 48.9 Å². The first-order valence-corrected chi connectivity index (χ1v) is 11.8. The maximum atomic E-state index is 12.3. The van der Waals surface area contributed by atoms with Gasteiger partial charge in [-0.2, -0.15) is 8.42 Å². The standard InChI is InChI=1S/C22H23N5O6S/c1-32-19-14-23-20(26-21(19)27-10-12-33-13-11-27)15-2-4-16(5-3-15)24-22(28)25-17-6-8-18(9-7-17)34(29,30)31/h2-9,14H,10-13H2,1H3,(H2,24,25,28)(H,29,30,31). The van der Waals surface area contributed by atoms with E-state index in [0.717, 1.165) is 5.56 Å². The molecule has 0 unspecified atom stereocenters. The van der Waals surface area contributed by atoms with Gasteiger partial charge < -0.3 is 25.0 Å². The molecular weight excluding hydrogens is 462 g/mol. The summed E-state index contributed by atoms with van der Waals surface area (Å²) in [7, 11) is -2.71. The van der Waals surface area contributed by atoms with Gasteiger partial charge in [-0.1, -0.05) is 0 Å². The van der Waals surface area contributed by atoms with Gasteiger partial charge in [0.05, 0.1) is 31.4 Å². The molecule has 0 spiro atoms. The zero-order valence-corrected chi connectivity index (χ0v) is 19.1. The predicted octanol–water partition coefficient (Wildman–Crippen LogP) is 2.88. The second-order valence-electron chi connectivity index (χ2n) is 7.34. The third kappa shape index (κ3) is 5.60. The highest BCUT2D eigenvalue weighted by atomic mass is 32.2. The van der Waals surface area contributed by atoms with Crippen molar-refractivity contribution < 1.29 is 27.2 Å².